The van der Waals surface area contributed by atoms with E-state index in [1.54, 1.807) is 25.6 Å². The molecule has 5 heteroatoms. The summed E-state index contributed by atoms with van der Waals surface area (Å²) in [7, 11) is 3.47. The molecule has 1 aromatic heterocycles. The molecule has 0 aliphatic carbocycles. The second-order valence-corrected chi connectivity index (χ2v) is 5.95. The zero-order valence-corrected chi connectivity index (χ0v) is 12.8. The van der Waals surface area contributed by atoms with Gasteiger partial charge in [0.15, 0.2) is 0 Å². The first-order valence-corrected chi connectivity index (χ1v) is 7.55. The Morgan fingerprint density at radius 3 is 2.60 bits per heavy atom. The lowest BCUT2D eigenvalue weighted by Crippen LogP contribution is -2.27. The Labute approximate surface area is 124 Å². The van der Waals surface area contributed by atoms with Gasteiger partial charge < -0.3 is 14.6 Å². The molecule has 0 amide bonds. The van der Waals surface area contributed by atoms with E-state index in [0.29, 0.717) is 6.42 Å². The van der Waals surface area contributed by atoms with Crippen LogP contribution in [0, 0.1) is 11.8 Å². The molecule has 0 radical (unpaired) electrons. The number of rotatable bonds is 5. The Kier molecular flexibility index (Phi) is 6.02. The number of nitrogens with zero attached hydrogens (tertiary/aromatic N) is 1. The highest BCUT2D eigenvalue weighted by Crippen LogP contribution is 2.22. The molecule has 1 saturated heterocycles. The smallest absolute Gasteiger partial charge is 0.0971 e. The normalized spacial score (nSPS) is 22.8. The van der Waals surface area contributed by atoms with Crippen molar-refractivity contribution in [3.63, 3.8) is 0 Å². The van der Waals surface area contributed by atoms with E-state index in [2.05, 4.69) is 22.8 Å². The third-order valence-electron chi connectivity index (χ3n) is 3.39. The summed E-state index contributed by atoms with van der Waals surface area (Å²) in [5.41, 5.74) is 0. The highest BCUT2D eigenvalue weighted by molar-refractivity contribution is 7.12. The molecule has 0 bridgehead atoms. The lowest BCUT2D eigenvalue weighted by molar-refractivity contribution is -0.00461. The van der Waals surface area contributed by atoms with Crippen LogP contribution < -0.4 is 0 Å². The molecule has 1 aromatic rings. The van der Waals surface area contributed by atoms with Crippen LogP contribution in [0.5, 0.6) is 0 Å². The van der Waals surface area contributed by atoms with Crippen molar-refractivity contribution in [1.29, 1.82) is 0 Å². The molecule has 2 unspecified atom stereocenters. The third-order valence-corrected chi connectivity index (χ3v) is 4.37. The largest absolute Gasteiger partial charge is 0.395 e. The molecule has 2 atom stereocenters. The van der Waals surface area contributed by atoms with Crippen LogP contribution >= 0.6 is 11.3 Å². The van der Waals surface area contributed by atoms with Crippen LogP contribution in [0.1, 0.15) is 16.2 Å². The Morgan fingerprint density at radius 2 is 2.00 bits per heavy atom. The molecule has 110 valence electrons. The van der Waals surface area contributed by atoms with Crippen molar-refractivity contribution in [2.45, 2.75) is 25.2 Å². The lowest BCUT2D eigenvalue weighted by atomic mass is 10.3. The number of likely N-dealkylation sites (tertiary alicyclic amines) is 1. The standard InChI is InChI=1S/C15H21NO3S/c1-18-14-10-16(11-15(14)19-2)9-13-7-6-12(20-13)5-3-4-8-17/h6-7,14-15,17H,4,8-11H2,1-2H3. The third kappa shape index (κ3) is 4.05. The number of ether oxygens (including phenoxy) is 2. The summed E-state index contributed by atoms with van der Waals surface area (Å²) >= 11 is 1.71. The summed E-state index contributed by atoms with van der Waals surface area (Å²) in [6.07, 6.45) is 0.845. The Bertz CT molecular complexity index is 465. The predicted molar refractivity (Wildman–Crippen MR) is 79.8 cm³/mol. The van der Waals surface area contributed by atoms with Gasteiger partial charge in [0, 0.05) is 45.2 Å². The maximum absolute atomic E-state index is 8.71. The van der Waals surface area contributed by atoms with Gasteiger partial charge in [-0.25, -0.2) is 0 Å². The van der Waals surface area contributed by atoms with Crippen molar-refractivity contribution in [3.8, 4) is 11.8 Å². The molecule has 0 saturated carbocycles. The van der Waals surface area contributed by atoms with Crippen molar-refractivity contribution in [2.24, 2.45) is 0 Å². The van der Waals surface area contributed by atoms with E-state index in [-0.39, 0.29) is 18.8 Å². The van der Waals surface area contributed by atoms with Crippen LogP contribution in [0.3, 0.4) is 0 Å². The van der Waals surface area contributed by atoms with Crippen molar-refractivity contribution >= 4 is 11.3 Å². The topological polar surface area (TPSA) is 41.9 Å². The van der Waals surface area contributed by atoms with Crippen LogP contribution in [0.4, 0.5) is 0 Å². The number of aliphatic hydroxyl groups excluding tert-OH is 1. The molecule has 0 aromatic carbocycles. The second kappa shape index (κ2) is 7.77. The first-order chi connectivity index (χ1) is 9.76. The quantitative estimate of drug-likeness (QED) is 0.832. The van der Waals surface area contributed by atoms with E-state index < -0.39 is 0 Å². The van der Waals surface area contributed by atoms with Crippen molar-refractivity contribution in [2.75, 3.05) is 33.9 Å². The van der Waals surface area contributed by atoms with Gasteiger partial charge in [-0.3, -0.25) is 4.90 Å². The summed E-state index contributed by atoms with van der Waals surface area (Å²) in [4.78, 5) is 4.70. The Morgan fingerprint density at radius 1 is 1.30 bits per heavy atom. The second-order valence-electron chi connectivity index (χ2n) is 4.78. The molecule has 4 nitrogen and oxygen atoms in total. The average Bonchev–Trinajstić information content (AvgIpc) is 3.06. The number of aliphatic hydroxyl groups is 1. The summed E-state index contributed by atoms with van der Waals surface area (Å²) in [5, 5.41) is 8.71. The zero-order valence-electron chi connectivity index (χ0n) is 12.0. The molecule has 1 fully saturated rings. The number of thiophene rings is 1. The Hall–Kier alpha value is -0.900. The summed E-state index contributed by atoms with van der Waals surface area (Å²) in [6, 6.07) is 4.16. The first-order valence-electron chi connectivity index (χ1n) is 6.73. The highest BCUT2D eigenvalue weighted by Gasteiger charge is 2.32. The van der Waals surface area contributed by atoms with E-state index in [9.17, 15) is 0 Å². The SMILES string of the molecule is COC1CN(Cc2ccc(C#CCCO)s2)CC1OC. The molecular formula is C15H21NO3S. The summed E-state index contributed by atoms with van der Waals surface area (Å²) < 4.78 is 10.9. The van der Waals surface area contributed by atoms with E-state index in [1.165, 1.54) is 4.88 Å². The molecular weight excluding hydrogens is 274 g/mol. The average molecular weight is 295 g/mol. The number of hydrogen-bond donors (Lipinski definition) is 1. The van der Waals surface area contributed by atoms with Gasteiger partial charge >= 0.3 is 0 Å². The summed E-state index contributed by atoms with van der Waals surface area (Å²) in [5.74, 6) is 6.02. The van der Waals surface area contributed by atoms with E-state index in [4.69, 9.17) is 14.6 Å². The van der Waals surface area contributed by atoms with Gasteiger partial charge in [0.2, 0.25) is 0 Å². The van der Waals surface area contributed by atoms with Crippen LogP contribution in [0.2, 0.25) is 0 Å². The van der Waals surface area contributed by atoms with Crippen molar-refractivity contribution in [1.82, 2.24) is 4.90 Å². The molecule has 1 aliphatic heterocycles. The van der Waals surface area contributed by atoms with Gasteiger partial charge in [0.1, 0.15) is 0 Å². The molecule has 2 rings (SSSR count). The van der Waals surface area contributed by atoms with Gasteiger partial charge in [-0.05, 0) is 12.1 Å². The van der Waals surface area contributed by atoms with Crippen LogP contribution in [-0.4, -0.2) is 56.1 Å². The maximum atomic E-state index is 8.71. The van der Waals surface area contributed by atoms with Crippen LogP contribution in [0.15, 0.2) is 12.1 Å². The fourth-order valence-electron chi connectivity index (χ4n) is 2.36. The van der Waals surface area contributed by atoms with Gasteiger partial charge in [0.05, 0.1) is 23.7 Å². The fraction of sp³-hybridized carbons (Fsp3) is 0.600. The van der Waals surface area contributed by atoms with Crippen LogP contribution in [0.25, 0.3) is 0 Å². The predicted octanol–water partition coefficient (Wildman–Crippen LogP) is 1.33. The maximum Gasteiger partial charge on any atom is 0.0971 e. The molecule has 2 heterocycles. The number of methoxy groups -OCH3 is 2. The Balaban J connectivity index is 1.90. The molecule has 0 spiro atoms. The zero-order chi connectivity index (χ0) is 14.4. The van der Waals surface area contributed by atoms with E-state index in [1.807, 2.05) is 6.07 Å². The highest BCUT2D eigenvalue weighted by atomic mass is 32.1. The van der Waals surface area contributed by atoms with Gasteiger partial charge in [-0.15, -0.1) is 11.3 Å². The van der Waals surface area contributed by atoms with Gasteiger partial charge in [0.25, 0.3) is 0 Å². The van der Waals surface area contributed by atoms with E-state index in [0.717, 1.165) is 24.5 Å². The van der Waals surface area contributed by atoms with Crippen molar-refractivity contribution in [3.05, 3.63) is 21.9 Å². The van der Waals surface area contributed by atoms with Gasteiger partial charge in [-0.2, -0.15) is 0 Å². The molecule has 1 aliphatic rings. The van der Waals surface area contributed by atoms with Gasteiger partial charge in [-0.1, -0.05) is 11.8 Å². The molecule has 1 N–H and O–H groups in total. The minimum absolute atomic E-state index is 0.121. The van der Waals surface area contributed by atoms with Crippen molar-refractivity contribution < 1.29 is 14.6 Å². The monoisotopic (exact) mass is 295 g/mol. The first kappa shape index (κ1) is 15.5. The van der Waals surface area contributed by atoms with Crippen LogP contribution in [-0.2, 0) is 16.0 Å². The number of hydrogen-bond acceptors (Lipinski definition) is 5. The fourth-order valence-corrected chi connectivity index (χ4v) is 3.28. The van der Waals surface area contributed by atoms with E-state index >= 15 is 0 Å². The molecule has 20 heavy (non-hydrogen) atoms. The minimum atomic E-state index is 0.121. The lowest BCUT2D eigenvalue weighted by Gasteiger charge is -2.13. The summed E-state index contributed by atoms with van der Waals surface area (Å²) in [6.45, 7) is 2.83. The minimum Gasteiger partial charge on any atom is -0.395 e.